The second-order valence-electron chi connectivity index (χ2n) is 5.98. The minimum Gasteiger partial charge on any atom is -0.255 e. The van der Waals surface area contributed by atoms with Crippen LogP contribution in [0.15, 0.2) is 60.7 Å². The summed E-state index contributed by atoms with van der Waals surface area (Å²) in [5.74, 6) is 0. The SMILES string of the molecule is CC(C)(c1ccccc1)C(C)(C)c1ccccc1.OO. The molecule has 2 nitrogen and oxygen atoms in total. The lowest BCUT2D eigenvalue weighted by Gasteiger charge is -2.43. The normalized spacial score (nSPS) is 11.5. The Bertz CT molecular complexity index is 452. The Balaban J connectivity index is 0.000000956. The zero-order valence-corrected chi connectivity index (χ0v) is 12.7. The van der Waals surface area contributed by atoms with E-state index in [4.69, 9.17) is 10.5 Å². The van der Waals surface area contributed by atoms with Gasteiger partial charge in [-0.2, -0.15) is 0 Å². The van der Waals surface area contributed by atoms with E-state index < -0.39 is 0 Å². The molecule has 0 amide bonds. The Morgan fingerprint density at radius 1 is 0.550 bits per heavy atom. The summed E-state index contributed by atoms with van der Waals surface area (Å²) in [6, 6.07) is 21.6. The van der Waals surface area contributed by atoms with E-state index >= 15 is 0 Å². The molecule has 0 heterocycles. The molecule has 2 N–H and O–H groups in total. The molecule has 0 atom stereocenters. The van der Waals surface area contributed by atoms with Gasteiger partial charge in [-0.1, -0.05) is 88.4 Å². The Labute approximate surface area is 121 Å². The smallest absolute Gasteiger partial charge is 0.00120 e. The maximum atomic E-state index is 6.00. The van der Waals surface area contributed by atoms with E-state index in [2.05, 4.69) is 88.4 Å². The maximum absolute atomic E-state index is 6.00. The molecule has 2 rings (SSSR count). The van der Waals surface area contributed by atoms with E-state index in [1.807, 2.05) is 0 Å². The first-order chi connectivity index (χ1) is 9.46. The third kappa shape index (κ3) is 3.09. The van der Waals surface area contributed by atoms with Gasteiger partial charge in [-0.25, -0.2) is 0 Å². The quantitative estimate of drug-likeness (QED) is 0.612. The summed E-state index contributed by atoms with van der Waals surface area (Å²) < 4.78 is 0. The van der Waals surface area contributed by atoms with Gasteiger partial charge in [0.25, 0.3) is 0 Å². The summed E-state index contributed by atoms with van der Waals surface area (Å²) >= 11 is 0. The van der Waals surface area contributed by atoms with Crippen molar-refractivity contribution in [3.63, 3.8) is 0 Å². The lowest BCUT2D eigenvalue weighted by molar-refractivity contribution is -0.176. The maximum Gasteiger partial charge on any atom is -0.00120 e. The molecule has 0 spiro atoms. The van der Waals surface area contributed by atoms with E-state index in [-0.39, 0.29) is 10.8 Å². The van der Waals surface area contributed by atoms with Crippen molar-refractivity contribution in [2.75, 3.05) is 0 Å². The fraction of sp³-hybridized carbons (Fsp3) is 0.333. The molecule has 0 aromatic heterocycles. The lowest BCUT2D eigenvalue weighted by atomic mass is 9.61. The van der Waals surface area contributed by atoms with E-state index in [1.165, 1.54) is 11.1 Å². The van der Waals surface area contributed by atoms with Gasteiger partial charge in [-0.15, -0.1) is 0 Å². The van der Waals surface area contributed by atoms with E-state index in [1.54, 1.807) is 0 Å². The topological polar surface area (TPSA) is 40.5 Å². The number of hydrogen-bond acceptors (Lipinski definition) is 2. The summed E-state index contributed by atoms with van der Waals surface area (Å²) in [5, 5.41) is 12.0. The van der Waals surface area contributed by atoms with Crippen molar-refractivity contribution in [3.8, 4) is 0 Å². The van der Waals surface area contributed by atoms with Crippen LogP contribution in [0.1, 0.15) is 38.8 Å². The molecular weight excluding hydrogens is 248 g/mol. The van der Waals surface area contributed by atoms with Crippen molar-refractivity contribution in [1.29, 1.82) is 0 Å². The van der Waals surface area contributed by atoms with Gasteiger partial charge < -0.3 is 0 Å². The predicted molar refractivity (Wildman–Crippen MR) is 84.2 cm³/mol. The predicted octanol–water partition coefficient (Wildman–Crippen LogP) is 4.96. The molecule has 2 heteroatoms. The average Bonchev–Trinajstić information content (AvgIpc) is 2.51. The van der Waals surface area contributed by atoms with Crippen LogP contribution < -0.4 is 0 Å². The molecule has 2 aromatic carbocycles. The molecule has 0 saturated carbocycles. The van der Waals surface area contributed by atoms with Crippen LogP contribution >= 0.6 is 0 Å². The molecule has 0 unspecified atom stereocenters. The summed E-state index contributed by atoms with van der Waals surface area (Å²) in [6.45, 7) is 9.31. The zero-order chi connectivity index (χ0) is 15.2. The van der Waals surface area contributed by atoms with Crippen LogP contribution in [-0.2, 0) is 10.8 Å². The first kappa shape index (κ1) is 16.4. The lowest BCUT2D eigenvalue weighted by Crippen LogP contribution is -2.40. The van der Waals surface area contributed by atoms with Gasteiger partial charge in [0.05, 0.1) is 0 Å². The standard InChI is InChI=1S/C18H22.H2O2/c1-17(2,15-11-7-5-8-12-15)18(3,4)16-13-9-6-10-14-16;1-2/h5-14H,1-4H3;1-2H. The van der Waals surface area contributed by atoms with Gasteiger partial charge in [-0.3, -0.25) is 10.5 Å². The van der Waals surface area contributed by atoms with Crippen LogP contribution in [0.5, 0.6) is 0 Å². The van der Waals surface area contributed by atoms with Crippen LogP contribution in [0.25, 0.3) is 0 Å². The third-order valence-electron chi connectivity index (χ3n) is 4.55. The molecular formula is C18H24O2. The van der Waals surface area contributed by atoms with Crippen LogP contribution in [0.2, 0.25) is 0 Å². The van der Waals surface area contributed by atoms with Gasteiger partial charge in [0.1, 0.15) is 0 Å². The van der Waals surface area contributed by atoms with Crippen molar-refractivity contribution in [2.45, 2.75) is 38.5 Å². The molecule has 0 fully saturated rings. The Kier molecular flexibility index (Phi) is 5.49. The van der Waals surface area contributed by atoms with Crippen LogP contribution in [-0.4, -0.2) is 10.5 Å². The van der Waals surface area contributed by atoms with Crippen LogP contribution in [0.4, 0.5) is 0 Å². The minimum atomic E-state index is 0.0929. The van der Waals surface area contributed by atoms with Crippen LogP contribution in [0.3, 0.4) is 0 Å². The fourth-order valence-electron chi connectivity index (χ4n) is 2.43. The first-order valence-corrected chi connectivity index (χ1v) is 6.77. The molecule has 20 heavy (non-hydrogen) atoms. The molecule has 0 aliphatic carbocycles. The van der Waals surface area contributed by atoms with Gasteiger partial charge >= 0.3 is 0 Å². The second-order valence-corrected chi connectivity index (χ2v) is 5.98. The molecule has 0 aliphatic heterocycles. The zero-order valence-electron chi connectivity index (χ0n) is 12.7. The van der Waals surface area contributed by atoms with Crippen molar-refractivity contribution < 1.29 is 10.5 Å². The number of hydrogen-bond donors (Lipinski definition) is 2. The van der Waals surface area contributed by atoms with Crippen molar-refractivity contribution >= 4 is 0 Å². The monoisotopic (exact) mass is 272 g/mol. The van der Waals surface area contributed by atoms with E-state index in [0.29, 0.717) is 0 Å². The summed E-state index contributed by atoms with van der Waals surface area (Å²) in [5.41, 5.74) is 2.96. The first-order valence-electron chi connectivity index (χ1n) is 6.77. The van der Waals surface area contributed by atoms with Crippen LogP contribution in [0, 0.1) is 0 Å². The number of benzene rings is 2. The molecule has 0 saturated heterocycles. The third-order valence-corrected chi connectivity index (χ3v) is 4.55. The minimum absolute atomic E-state index is 0.0929. The Morgan fingerprint density at radius 2 is 0.800 bits per heavy atom. The van der Waals surface area contributed by atoms with E-state index in [9.17, 15) is 0 Å². The number of rotatable bonds is 3. The highest BCUT2D eigenvalue weighted by Gasteiger charge is 2.39. The van der Waals surface area contributed by atoms with Crippen molar-refractivity contribution in [1.82, 2.24) is 0 Å². The fourth-order valence-corrected chi connectivity index (χ4v) is 2.43. The van der Waals surface area contributed by atoms with Gasteiger partial charge in [-0.05, 0) is 22.0 Å². The molecule has 0 bridgehead atoms. The van der Waals surface area contributed by atoms with Gasteiger partial charge in [0.2, 0.25) is 0 Å². The molecule has 0 radical (unpaired) electrons. The summed E-state index contributed by atoms with van der Waals surface area (Å²) in [4.78, 5) is 0. The summed E-state index contributed by atoms with van der Waals surface area (Å²) in [6.07, 6.45) is 0. The highest BCUT2D eigenvalue weighted by atomic mass is 17.0. The average molecular weight is 272 g/mol. The van der Waals surface area contributed by atoms with Crippen molar-refractivity contribution in [2.24, 2.45) is 0 Å². The molecule has 0 aliphatic rings. The Morgan fingerprint density at radius 3 is 1.05 bits per heavy atom. The Hall–Kier alpha value is -1.64. The molecule has 108 valence electrons. The van der Waals surface area contributed by atoms with Gasteiger partial charge in [0.15, 0.2) is 0 Å². The van der Waals surface area contributed by atoms with Gasteiger partial charge in [0, 0.05) is 0 Å². The van der Waals surface area contributed by atoms with Crippen molar-refractivity contribution in [3.05, 3.63) is 71.8 Å². The second kappa shape index (κ2) is 6.69. The largest absolute Gasteiger partial charge is 0.255 e. The summed E-state index contributed by atoms with van der Waals surface area (Å²) in [7, 11) is 0. The highest BCUT2D eigenvalue weighted by molar-refractivity contribution is 5.35. The van der Waals surface area contributed by atoms with E-state index in [0.717, 1.165) is 0 Å². The highest BCUT2D eigenvalue weighted by Crippen LogP contribution is 2.43. The molecule has 2 aromatic rings.